The van der Waals surface area contributed by atoms with Gasteiger partial charge in [0.2, 0.25) is 0 Å². The number of hydrogen-bond donors (Lipinski definition) is 0. The summed E-state index contributed by atoms with van der Waals surface area (Å²) in [6.07, 6.45) is -2.97. The largest absolute Gasteiger partial charge is 0.496 e. The van der Waals surface area contributed by atoms with Crippen LogP contribution in [0.4, 0.5) is 18.0 Å². The lowest BCUT2D eigenvalue weighted by atomic mass is 9.80. The third-order valence-electron chi connectivity index (χ3n) is 7.63. The number of rotatable bonds is 6. The van der Waals surface area contributed by atoms with Gasteiger partial charge in [-0.2, -0.15) is 13.2 Å². The van der Waals surface area contributed by atoms with Gasteiger partial charge in [-0.05, 0) is 91.5 Å². The normalized spacial score (nSPS) is 22.6. The Bertz CT molecular complexity index is 1200. The number of nitrogens with zero attached hydrogens (tertiary/aromatic N) is 1. The zero-order chi connectivity index (χ0) is 27.1. The fraction of sp³-hybridized carbons (Fsp3) is 0.500. The molecule has 2 aromatic carbocycles. The van der Waals surface area contributed by atoms with Gasteiger partial charge in [-0.3, -0.25) is 4.90 Å². The average molecular weight is 516 g/mol. The molecule has 2 aliphatic rings. The summed E-state index contributed by atoms with van der Waals surface area (Å²) in [5, 5.41) is 0. The number of amides is 1. The number of allylic oxidation sites excluding steroid dienone is 1. The summed E-state index contributed by atoms with van der Waals surface area (Å²) in [5.41, 5.74) is 4.74. The second kappa shape index (κ2) is 10.4. The van der Waals surface area contributed by atoms with Crippen LogP contribution in [0.5, 0.6) is 5.75 Å². The zero-order valence-electron chi connectivity index (χ0n) is 22.4. The van der Waals surface area contributed by atoms with E-state index < -0.39 is 30.0 Å². The minimum atomic E-state index is -4.46. The number of carbonyl (C=O) groups is 1. The molecule has 1 saturated heterocycles. The Balaban J connectivity index is 1.69. The molecule has 7 heteroatoms. The SMILES string of the molecule is COc1ccc(C(C)C)cc1C1=C(CN2C(=O)O[C@H](c3cc(C)cc(C(F)(F)F)c3)[C@@H]2C)CC(C)CC1. The van der Waals surface area contributed by atoms with Crippen molar-refractivity contribution >= 4 is 11.7 Å². The van der Waals surface area contributed by atoms with Crippen LogP contribution < -0.4 is 4.74 Å². The van der Waals surface area contributed by atoms with Crippen molar-refractivity contribution in [3.05, 3.63) is 69.8 Å². The Labute approximate surface area is 217 Å². The first-order valence-corrected chi connectivity index (χ1v) is 12.9. The number of ether oxygens (including phenoxy) is 2. The molecule has 1 fully saturated rings. The van der Waals surface area contributed by atoms with Crippen LogP contribution in [0, 0.1) is 12.8 Å². The van der Waals surface area contributed by atoms with Crippen molar-refractivity contribution < 1.29 is 27.4 Å². The maximum Gasteiger partial charge on any atom is 0.416 e. The monoisotopic (exact) mass is 515 g/mol. The third-order valence-corrected chi connectivity index (χ3v) is 7.63. The van der Waals surface area contributed by atoms with Crippen molar-refractivity contribution in [3.63, 3.8) is 0 Å². The summed E-state index contributed by atoms with van der Waals surface area (Å²) in [6.45, 7) is 10.4. The number of carbonyl (C=O) groups excluding carboxylic acids is 1. The Morgan fingerprint density at radius 1 is 1.14 bits per heavy atom. The van der Waals surface area contributed by atoms with Crippen LogP contribution in [0.3, 0.4) is 0 Å². The number of hydrogen-bond acceptors (Lipinski definition) is 3. The Morgan fingerprint density at radius 2 is 1.86 bits per heavy atom. The van der Waals surface area contributed by atoms with Gasteiger partial charge in [-0.15, -0.1) is 0 Å². The molecule has 0 saturated carbocycles. The molecule has 1 aliphatic heterocycles. The molecule has 3 atom stereocenters. The highest BCUT2D eigenvalue weighted by Crippen LogP contribution is 2.42. The van der Waals surface area contributed by atoms with Crippen LogP contribution in [-0.2, 0) is 10.9 Å². The van der Waals surface area contributed by atoms with Crippen molar-refractivity contribution in [3.8, 4) is 5.75 Å². The maximum atomic E-state index is 13.4. The number of alkyl halides is 3. The zero-order valence-corrected chi connectivity index (χ0v) is 22.4. The van der Waals surface area contributed by atoms with E-state index in [1.807, 2.05) is 13.0 Å². The van der Waals surface area contributed by atoms with E-state index in [1.54, 1.807) is 25.0 Å². The van der Waals surface area contributed by atoms with Crippen molar-refractivity contribution in [2.45, 2.75) is 78.1 Å². The first-order chi connectivity index (χ1) is 17.4. The van der Waals surface area contributed by atoms with Gasteiger partial charge in [0.15, 0.2) is 0 Å². The second-order valence-corrected chi connectivity index (χ2v) is 10.8. The van der Waals surface area contributed by atoms with Gasteiger partial charge in [0, 0.05) is 12.1 Å². The predicted molar refractivity (Wildman–Crippen MR) is 139 cm³/mol. The van der Waals surface area contributed by atoms with E-state index in [-0.39, 0.29) is 0 Å². The molecule has 4 rings (SSSR count). The third kappa shape index (κ3) is 5.65. The van der Waals surface area contributed by atoms with Crippen LogP contribution in [0.15, 0.2) is 42.0 Å². The summed E-state index contributed by atoms with van der Waals surface area (Å²) in [6, 6.07) is 9.75. The summed E-state index contributed by atoms with van der Waals surface area (Å²) in [5.74, 6) is 1.64. The highest BCUT2D eigenvalue weighted by Gasteiger charge is 2.42. The lowest BCUT2D eigenvalue weighted by Gasteiger charge is -2.30. The standard InChI is InChI=1S/C30H36F3NO3/c1-17(2)21-8-10-27(36-6)26(15-21)25-9-7-18(3)11-23(25)16-34-20(5)28(37-29(34)35)22-12-19(4)13-24(14-22)30(31,32)33/h8,10,12-15,17-18,20,28H,7,9,11,16H2,1-6H3/t18?,20-,28-/m0/s1. The molecule has 0 radical (unpaired) electrons. The maximum absolute atomic E-state index is 13.4. The lowest BCUT2D eigenvalue weighted by Crippen LogP contribution is -2.34. The van der Waals surface area contributed by atoms with E-state index in [9.17, 15) is 18.0 Å². The molecule has 0 spiro atoms. The predicted octanol–water partition coefficient (Wildman–Crippen LogP) is 8.30. The minimum absolute atomic E-state index is 0.362. The van der Waals surface area contributed by atoms with Crippen LogP contribution in [0.1, 0.15) is 86.8 Å². The summed E-state index contributed by atoms with van der Waals surface area (Å²) < 4.78 is 51.7. The minimum Gasteiger partial charge on any atom is -0.496 e. The summed E-state index contributed by atoms with van der Waals surface area (Å²) in [7, 11) is 1.67. The van der Waals surface area contributed by atoms with Gasteiger partial charge in [-0.25, -0.2) is 4.79 Å². The number of methoxy groups -OCH3 is 1. The first kappa shape index (κ1) is 27.1. The molecule has 1 aliphatic carbocycles. The van der Waals surface area contributed by atoms with Gasteiger partial charge in [0.25, 0.3) is 0 Å². The van der Waals surface area contributed by atoms with Gasteiger partial charge >= 0.3 is 12.3 Å². The molecule has 200 valence electrons. The molecule has 1 amide bonds. The van der Waals surface area contributed by atoms with E-state index in [4.69, 9.17) is 9.47 Å². The van der Waals surface area contributed by atoms with Crippen molar-refractivity contribution in [1.29, 1.82) is 0 Å². The topological polar surface area (TPSA) is 38.8 Å². The van der Waals surface area contributed by atoms with Gasteiger partial charge < -0.3 is 9.47 Å². The van der Waals surface area contributed by atoms with Gasteiger partial charge in [0.1, 0.15) is 11.9 Å². The Hall–Kier alpha value is -2.96. The fourth-order valence-corrected chi connectivity index (χ4v) is 5.52. The molecule has 2 aromatic rings. The summed E-state index contributed by atoms with van der Waals surface area (Å²) in [4.78, 5) is 14.7. The Morgan fingerprint density at radius 3 is 2.51 bits per heavy atom. The molecule has 1 unspecified atom stereocenters. The number of benzene rings is 2. The summed E-state index contributed by atoms with van der Waals surface area (Å²) >= 11 is 0. The molecular formula is C30H36F3NO3. The van der Waals surface area contributed by atoms with E-state index in [0.717, 1.165) is 48.3 Å². The van der Waals surface area contributed by atoms with Gasteiger partial charge in [-0.1, -0.05) is 38.5 Å². The second-order valence-electron chi connectivity index (χ2n) is 10.8. The van der Waals surface area contributed by atoms with Crippen molar-refractivity contribution in [1.82, 2.24) is 4.90 Å². The molecule has 37 heavy (non-hydrogen) atoms. The van der Waals surface area contributed by atoms with Crippen LogP contribution in [0.25, 0.3) is 5.57 Å². The molecule has 4 nitrogen and oxygen atoms in total. The van der Waals surface area contributed by atoms with Crippen LogP contribution in [0.2, 0.25) is 0 Å². The quantitative estimate of drug-likeness (QED) is 0.388. The van der Waals surface area contributed by atoms with Crippen molar-refractivity contribution in [2.24, 2.45) is 5.92 Å². The smallest absolute Gasteiger partial charge is 0.416 e. The van der Waals surface area contributed by atoms with Gasteiger partial charge in [0.05, 0.1) is 18.7 Å². The van der Waals surface area contributed by atoms with E-state index in [2.05, 4.69) is 32.9 Å². The Kier molecular flexibility index (Phi) is 7.63. The lowest BCUT2D eigenvalue weighted by molar-refractivity contribution is -0.137. The number of cyclic esters (lactones) is 1. The first-order valence-electron chi connectivity index (χ1n) is 12.9. The van der Waals surface area contributed by atoms with E-state index in [0.29, 0.717) is 29.5 Å². The average Bonchev–Trinajstić information content (AvgIpc) is 3.11. The highest BCUT2D eigenvalue weighted by molar-refractivity contribution is 5.77. The van der Waals surface area contributed by atoms with E-state index in [1.165, 1.54) is 11.1 Å². The van der Waals surface area contributed by atoms with E-state index >= 15 is 0 Å². The molecule has 1 heterocycles. The molecular weight excluding hydrogens is 479 g/mol. The fourth-order valence-electron chi connectivity index (χ4n) is 5.52. The number of aryl methyl sites for hydroxylation is 1. The van der Waals surface area contributed by atoms with Crippen molar-refractivity contribution in [2.75, 3.05) is 13.7 Å². The van der Waals surface area contributed by atoms with Crippen LogP contribution >= 0.6 is 0 Å². The molecule has 0 N–H and O–H groups in total. The molecule has 0 bridgehead atoms. The molecule has 0 aromatic heterocycles. The number of halogens is 3. The highest BCUT2D eigenvalue weighted by atomic mass is 19.4. The van der Waals surface area contributed by atoms with Crippen LogP contribution in [-0.4, -0.2) is 30.7 Å².